The van der Waals surface area contributed by atoms with Crippen molar-refractivity contribution in [3.8, 4) is 0 Å². The van der Waals surface area contributed by atoms with Crippen molar-refractivity contribution >= 4 is 16.0 Å². The van der Waals surface area contributed by atoms with Crippen LogP contribution < -0.4 is 5.32 Å². The Balaban J connectivity index is 2.15. The Bertz CT molecular complexity index is 517. The highest BCUT2D eigenvalue weighted by atomic mass is 32.2. The van der Waals surface area contributed by atoms with Crippen molar-refractivity contribution in [3.63, 3.8) is 0 Å². The maximum Gasteiger partial charge on any atom is 0.246 e. The molecule has 8 heteroatoms. The number of aliphatic hydroxyl groups is 1. The zero-order valence-corrected chi connectivity index (χ0v) is 11.6. The molecular weight excluding hydrogens is 268 g/mol. The summed E-state index contributed by atoms with van der Waals surface area (Å²) in [5.41, 5.74) is 0. The van der Waals surface area contributed by atoms with Gasteiger partial charge in [0.25, 0.3) is 0 Å². The molecule has 0 saturated carbocycles. The highest BCUT2D eigenvalue weighted by molar-refractivity contribution is 7.89. The number of aliphatic hydroxyl groups excluding tert-OH is 1. The van der Waals surface area contributed by atoms with Gasteiger partial charge in [0.15, 0.2) is 0 Å². The van der Waals surface area contributed by atoms with Crippen LogP contribution in [0.15, 0.2) is 17.3 Å². The molecule has 1 aromatic rings. The number of sulfonamides is 1. The molecule has 1 aromatic heterocycles. The van der Waals surface area contributed by atoms with E-state index in [1.165, 1.54) is 16.7 Å². The molecule has 0 radical (unpaired) electrons. The van der Waals surface area contributed by atoms with Crippen LogP contribution in [-0.4, -0.2) is 54.0 Å². The van der Waals surface area contributed by atoms with E-state index in [4.69, 9.17) is 5.11 Å². The van der Waals surface area contributed by atoms with E-state index in [1.54, 1.807) is 0 Å². The summed E-state index contributed by atoms with van der Waals surface area (Å²) in [6.45, 7) is 3.39. The largest absolute Gasteiger partial charge is 0.396 e. The summed E-state index contributed by atoms with van der Waals surface area (Å²) >= 11 is 0. The first-order chi connectivity index (χ1) is 9.07. The van der Waals surface area contributed by atoms with Crippen molar-refractivity contribution in [1.82, 2.24) is 14.3 Å². The van der Waals surface area contributed by atoms with E-state index in [2.05, 4.69) is 15.3 Å². The zero-order chi connectivity index (χ0) is 13.9. The third-order valence-corrected chi connectivity index (χ3v) is 4.93. The van der Waals surface area contributed by atoms with Gasteiger partial charge >= 0.3 is 0 Å². The summed E-state index contributed by atoms with van der Waals surface area (Å²) in [5, 5.41) is 12.0. The molecule has 106 valence electrons. The maximum absolute atomic E-state index is 12.3. The Morgan fingerprint density at radius 1 is 1.47 bits per heavy atom. The third kappa shape index (κ3) is 3.02. The van der Waals surface area contributed by atoms with E-state index in [0.717, 1.165) is 0 Å². The molecule has 0 aromatic carbocycles. The van der Waals surface area contributed by atoms with Crippen LogP contribution in [0.5, 0.6) is 0 Å². The monoisotopic (exact) mass is 286 g/mol. The lowest BCUT2D eigenvalue weighted by atomic mass is 10.1. The lowest BCUT2D eigenvalue weighted by Crippen LogP contribution is -2.29. The van der Waals surface area contributed by atoms with Crippen LogP contribution in [-0.2, 0) is 10.0 Å². The Morgan fingerprint density at radius 3 is 2.68 bits per heavy atom. The molecule has 0 aliphatic carbocycles. The number of aromatic nitrogens is 2. The molecule has 1 aliphatic heterocycles. The van der Waals surface area contributed by atoms with Crippen LogP contribution >= 0.6 is 0 Å². The number of anilines is 1. The summed E-state index contributed by atoms with van der Waals surface area (Å²) in [5.74, 6) is 0.438. The SMILES string of the molecule is CCNc1ncc(S(=O)(=O)N2CCC(CO)C2)cn1. The first kappa shape index (κ1) is 14.2. The fourth-order valence-corrected chi connectivity index (χ4v) is 3.44. The van der Waals surface area contributed by atoms with Gasteiger partial charge in [0.05, 0.1) is 12.4 Å². The van der Waals surface area contributed by atoms with Crippen molar-refractivity contribution in [3.05, 3.63) is 12.4 Å². The van der Waals surface area contributed by atoms with Gasteiger partial charge in [0.2, 0.25) is 16.0 Å². The Morgan fingerprint density at radius 2 is 2.16 bits per heavy atom. The molecule has 1 fully saturated rings. The van der Waals surface area contributed by atoms with E-state index in [0.29, 0.717) is 32.0 Å². The van der Waals surface area contributed by atoms with Crippen LogP contribution in [0.4, 0.5) is 5.95 Å². The van der Waals surface area contributed by atoms with Gasteiger partial charge in [0, 0.05) is 26.2 Å². The molecule has 0 bridgehead atoms. The molecule has 7 nitrogen and oxygen atoms in total. The number of nitrogens with one attached hydrogen (secondary N) is 1. The minimum absolute atomic E-state index is 0.0158. The van der Waals surface area contributed by atoms with Crippen LogP contribution in [0.2, 0.25) is 0 Å². The molecular formula is C11H18N4O3S. The van der Waals surface area contributed by atoms with E-state index < -0.39 is 10.0 Å². The second-order valence-corrected chi connectivity index (χ2v) is 6.41. The van der Waals surface area contributed by atoms with Crippen LogP contribution in [0.25, 0.3) is 0 Å². The fourth-order valence-electron chi connectivity index (χ4n) is 2.01. The van der Waals surface area contributed by atoms with E-state index >= 15 is 0 Å². The predicted molar refractivity (Wildman–Crippen MR) is 70.1 cm³/mol. The first-order valence-electron chi connectivity index (χ1n) is 6.25. The summed E-state index contributed by atoms with van der Waals surface area (Å²) < 4.78 is 26.0. The average molecular weight is 286 g/mol. The van der Waals surface area contributed by atoms with Gasteiger partial charge in [-0.05, 0) is 19.3 Å². The second kappa shape index (κ2) is 5.81. The fraction of sp³-hybridized carbons (Fsp3) is 0.636. The number of nitrogens with zero attached hydrogens (tertiary/aromatic N) is 3. The molecule has 2 heterocycles. The average Bonchev–Trinajstić information content (AvgIpc) is 2.89. The lowest BCUT2D eigenvalue weighted by Gasteiger charge is -2.15. The predicted octanol–water partition coefficient (Wildman–Crippen LogP) is -0.0887. The van der Waals surface area contributed by atoms with Gasteiger partial charge in [0.1, 0.15) is 4.90 Å². The van der Waals surface area contributed by atoms with Crippen LogP contribution in [0, 0.1) is 5.92 Å². The van der Waals surface area contributed by atoms with Gasteiger partial charge < -0.3 is 10.4 Å². The molecule has 0 spiro atoms. The van der Waals surface area contributed by atoms with E-state index in [-0.39, 0.29) is 17.4 Å². The molecule has 2 rings (SSSR count). The maximum atomic E-state index is 12.3. The van der Waals surface area contributed by atoms with Gasteiger partial charge in [-0.3, -0.25) is 0 Å². The van der Waals surface area contributed by atoms with Crippen molar-refractivity contribution in [2.75, 3.05) is 31.6 Å². The van der Waals surface area contributed by atoms with Gasteiger partial charge in [-0.15, -0.1) is 0 Å². The van der Waals surface area contributed by atoms with Crippen molar-refractivity contribution in [2.45, 2.75) is 18.2 Å². The first-order valence-corrected chi connectivity index (χ1v) is 7.69. The molecule has 0 amide bonds. The zero-order valence-electron chi connectivity index (χ0n) is 10.8. The second-order valence-electron chi connectivity index (χ2n) is 4.47. The number of hydrogen-bond acceptors (Lipinski definition) is 6. The summed E-state index contributed by atoms with van der Waals surface area (Å²) in [4.78, 5) is 8.03. The molecule has 1 atom stereocenters. The standard InChI is InChI=1S/C11H18N4O3S/c1-2-12-11-13-5-10(6-14-11)19(17,18)15-4-3-9(7-15)8-16/h5-6,9,16H,2-4,7-8H2,1H3,(H,12,13,14). The van der Waals surface area contributed by atoms with Crippen molar-refractivity contribution in [1.29, 1.82) is 0 Å². The lowest BCUT2D eigenvalue weighted by molar-refractivity contribution is 0.233. The quantitative estimate of drug-likeness (QED) is 0.785. The van der Waals surface area contributed by atoms with Crippen molar-refractivity contribution in [2.24, 2.45) is 5.92 Å². The van der Waals surface area contributed by atoms with Crippen LogP contribution in [0.1, 0.15) is 13.3 Å². The van der Waals surface area contributed by atoms with Gasteiger partial charge in [-0.25, -0.2) is 18.4 Å². The minimum atomic E-state index is -3.54. The number of rotatable bonds is 5. The van der Waals surface area contributed by atoms with E-state index in [9.17, 15) is 8.42 Å². The molecule has 19 heavy (non-hydrogen) atoms. The highest BCUT2D eigenvalue weighted by Gasteiger charge is 2.32. The molecule has 2 N–H and O–H groups in total. The smallest absolute Gasteiger partial charge is 0.246 e. The van der Waals surface area contributed by atoms with E-state index in [1.807, 2.05) is 6.92 Å². The normalized spacial score (nSPS) is 20.6. The topological polar surface area (TPSA) is 95.4 Å². The number of hydrogen-bond donors (Lipinski definition) is 2. The molecule has 1 unspecified atom stereocenters. The molecule has 1 saturated heterocycles. The summed E-state index contributed by atoms with van der Waals surface area (Å²) in [7, 11) is -3.54. The Hall–Kier alpha value is -1.25. The highest BCUT2D eigenvalue weighted by Crippen LogP contribution is 2.23. The third-order valence-electron chi connectivity index (χ3n) is 3.11. The van der Waals surface area contributed by atoms with Crippen LogP contribution in [0.3, 0.4) is 0 Å². The Kier molecular flexibility index (Phi) is 4.33. The Labute approximate surface area is 112 Å². The minimum Gasteiger partial charge on any atom is -0.396 e. The van der Waals surface area contributed by atoms with Gasteiger partial charge in [-0.1, -0.05) is 0 Å². The molecule has 1 aliphatic rings. The van der Waals surface area contributed by atoms with Gasteiger partial charge in [-0.2, -0.15) is 4.31 Å². The summed E-state index contributed by atoms with van der Waals surface area (Å²) in [6.07, 6.45) is 3.31. The van der Waals surface area contributed by atoms with Crippen molar-refractivity contribution < 1.29 is 13.5 Å². The summed E-state index contributed by atoms with van der Waals surface area (Å²) in [6, 6.07) is 0.